The van der Waals surface area contributed by atoms with Gasteiger partial charge in [0, 0.05) is 18.3 Å². The van der Waals surface area contributed by atoms with Crippen LogP contribution in [0.3, 0.4) is 0 Å². The molecule has 0 radical (unpaired) electrons. The lowest BCUT2D eigenvalue weighted by Crippen LogP contribution is -2.11. The Balaban J connectivity index is 1.91. The van der Waals surface area contributed by atoms with E-state index in [1.807, 2.05) is 0 Å². The van der Waals surface area contributed by atoms with Crippen LogP contribution < -0.4 is 10.1 Å². The maximum atomic E-state index is 13.1. The first-order chi connectivity index (χ1) is 10.6. The Bertz CT molecular complexity index is 858. The van der Waals surface area contributed by atoms with Gasteiger partial charge in [-0.3, -0.25) is 4.79 Å². The highest BCUT2D eigenvalue weighted by Crippen LogP contribution is 2.25. The average Bonchev–Trinajstić information content (AvgIpc) is 2.81. The van der Waals surface area contributed by atoms with Gasteiger partial charge in [-0.25, -0.2) is 9.07 Å². The molecule has 0 aliphatic carbocycles. The van der Waals surface area contributed by atoms with Gasteiger partial charge in [-0.15, -0.1) is 0 Å². The molecule has 0 bridgehead atoms. The SMILES string of the molecule is COc1c2ccc(C(=O)Nc3cccc(F)c3)cc2nn1C. The molecule has 0 saturated heterocycles. The van der Waals surface area contributed by atoms with Crippen LogP contribution in [0.4, 0.5) is 10.1 Å². The molecule has 3 rings (SSSR count). The molecular formula is C16H14FN3O2. The average molecular weight is 299 g/mol. The monoisotopic (exact) mass is 299 g/mol. The Morgan fingerprint density at radius 1 is 1.27 bits per heavy atom. The quantitative estimate of drug-likeness (QED) is 0.809. The van der Waals surface area contributed by atoms with E-state index in [9.17, 15) is 9.18 Å². The van der Waals surface area contributed by atoms with Gasteiger partial charge in [0.15, 0.2) is 0 Å². The van der Waals surface area contributed by atoms with Crippen molar-refractivity contribution in [2.75, 3.05) is 12.4 Å². The van der Waals surface area contributed by atoms with Crippen LogP contribution in [0, 0.1) is 5.82 Å². The molecule has 0 aliphatic heterocycles. The molecule has 22 heavy (non-hydrogen) atoms. The summed E-state index contributed by atoms with van der Waals surface area (Å²) in [6.45, 7) is 0. The standard InChI is InChI=1S/C16H14FN3O2/c1-20-16(22-2)13-7-6-10(8-14(13)19-20)15(21)18-12-5-3-4-11(17)9-12/h3-9H,1-2H3,(H,18,21). The number of nitrogens with one attached hydrogen (secondary N) is 1. The van der Waals surface area contributed by atoms with Crippen LogP contribution >= 0.6 is 0 Å². The molecule has 5 nitrogen and oxygen atoms in total. The van der Waals surface area contributed by atoms with Gasteiger partial charge >= 0.3 is 0 Å². The number of carbonyl (C=O) groups is 1. The summed E-state index contributed by atoms with van der Waals surface area (Å²) < 4.78 is 20.0. The van der Waals surface area contributed by atoms with E-state index in [4.69, 9.17) is 4.74 Å². The predicted octanol–water partition coefficient (Wildman–Crippen LogP) is 2.97. The summed E-state index contributed by atoms with van der Waals surface area (Å²) in [7, 11) is 3.34. The second-order valence-corrected chi connectivity index (χ2v) is 4.83. The van der Waals surface area contributed by atoms with Crippen LogP contribution in [-0.2, 0) is 7.05 Å². The van der Waals surface area contributed by atoms with Crippen molar-refractivity contribution in [2.45, 2.75) is 0 Å². The lowest BCUT2D eigenvalue weighted by atomic mass is 10.1. The summed E-state index contributed by atoms with van der Waals surface area (Å²) in [5, 5.41) is 7.78. The first kappa shape index (κ1) is 14.1. The zero-order chi connectivity index (χ0) is 15.7. The molecule has 6 heteroatoms. The van der Waals surface area contributed by atoms with E-state index >= 15 is 0 Å². The van der Waals surface area contributed by atoms with Crippen LogP contribution in [0.2, 0.25) is 0 Å². The molecule has 3 aromatic rings. The lowest BCUT2D eigenvalue weighted by Gasteiger charge is -2.05. The third-order valence-electron chi connectivity index (χ3n) is 3.32. The normalized spacial score (nSPS) is 10.7. The highest BCUT2D eigenvalue weighted by Gasteiger charge is 2.13. The summed E-state index contributed by atoms with van der Waals surface area (Å²) in [5.41, 5.74) is 1.51. The zero-order valence-electron chi connectivity index (χ0n) is 12.1. The van der Waals surface area contributed by atoms with Crippen LogP contribution in [0.1, 0.15) is 10.4 Å². The van der Waals surface area contributed by atoms with Crippen molar-refractivity contribution >= 4 is 22.5 Å². The van der Waals surface area contributed by atoms with Crippen molar-refractivity contribution in [1.29, 1.82) is 0 Å². The second-order valence-electron chi connectivity index (χ2n) is 4.83. The topological polar surface area (TPSA) is 56.1 Å². The predicted molar refractivity (Wildman–Crippen MR) is 81.6 cm³/mol. The van der Waals surface area contributed by atoms with Gasteiger partial charge in [0.2, 0.25) is 5.88 Å². The molecule has 0 unspecified atom stereocenters. The number of amides is 1. The van der Waals surface area contributed by atoms with E-state index in [1.54, 1.807) is 43.1 Å². The van der Waals surface area contributed by atoms with Crippen molar-refractivity contribution in [3.8, 4) is 5.88 Å². The number of ether oxygens (including phenoxy) is 1. The Hall–Kier alpha value is -2.89. The van der Waals surface area contributed by atoms with E-state index in [2.05, 4.69) is 10.4 Å². The Morgan fingerprint density at radius 3 is 2.82 bits per heavy atom. The number of carbonyl (C=O) groups excluding carboxylic acids is 1. The van der Waals surface area contributed by atoms with Gasteiger partial charge in [-0.05, 0) is 36.4 Å². The van der Waals surface area contributed by atoms with Crippen LogP contribution in [-0.4, -0.2) is 22.8 Å². The molecule has 2 aromatic carbocycles. The molecule has 0 atom stereocenters. The third-order valence-corrected chi connectivity index (χ3v) is 3.32. The maximum Gasteiger partial charge on any atom is 0.255 e. The Morgan fingerprint density at radius 2 is 2.09 bits per heavy atom. The van der Waals surface area contributed by atoms with Gasteiger partial charge in [-0.2, -0.15) is 5.10 Å². The molecule has 1 amide bonds. The number of fused-ring (bicyclic) bond motifs is 1. The smallest absolute Gasteiger partial charge is 0.255 e. The largest absolute Gasteiger partial charge is 0.481 e. The number of nitrogens with zero attached hydrogens (tertiary/aromatic N) is 2. The number of anilines is 1. The van der Waals surface area contributed by atoms with Crippen molar-refractivity contribution in [2.24, 2.45) is 7.05 Å². The summed E-state index contributed by atoms with van der Waals surface area (Å²) in [6, 6.07) is 10.9. The number of halogens is 1. The number of rotatable bonds is 3. The fourth-order valence-electron chi connectivity index (χ4n) is 2.33. The summed E-state index contributed by atoms with van der Waals surface area (Å²) in [4.78, 5) is 12.2. The van der Waals surface area contributed by atoms with Gasteiger partial charge in [0.25, 0.3) is 5.91 Å². The number of aryl methyl sites for hydroxylation is 1. The molecule has 1 aromatic heterocycles. The molecular weight excluding hydrogens is 285 g/mol. The summed E-state index contributed by atoms with van der Waals surface area (Å²) in [5.74, 6) is -0.0908. The lowest BCUT2D eigenvalue weighted by molar-refractivity contribution is 0.102. The minimum Gasteiger partial charge on any atom is -0.481 e. The molecule has 0 saturated carbocycles. The van der Waals surface area contributed by atoms with Crippen molar-refractivity contribution in [3.63, 3.8) is 0 Å². The minimum absolute atomic E-state index is 0.322. The van der Waals surface area contributed by atoms with E-state index < -0.39 is 5.82 Å². The number of hydrogen-bond donors (Lipinski definition) is 1. The summed E-state index contributed by atoms with van der Waals surface area (Å²) >= 11 is 0. The van der Waals surface area contributed by atoms with E-state index in [0.29, 0.717) is 22.6 Å². The first-order valence-corrected chi connectivity index (χ1v) is 6.66. The molecule has 0 fully saturated rings. The third kappa shape index (κ3) is 2.50. The van der Waals surface area contributed by atoms with E-state index in [0.717, 1.165) is 5.39 Å². The number of aromatic nitrogens is 2. The molecule has 1 heterocycles. The highest BCUT2D eigenvalue weighted by atomic mass is 19.1. The fraction of sp³-hybridized carbons (Fsp3) is 0.125. The second kappa shape index (κ2) is 5.48. The number of methoxy groups -OCH3 is 1. The minimum atomic E-state index is -0.400. The van der Waals surface area contributed by atoms with E-state index in [-0.39, 0.29) is 5.91 Å². The maximum absolute atomic E-state index is 13.1. The van der Waals surface area contributed by atoms with Gasteiger partial charge in [0.05, 0.1) is 18.0 Å². The van der Waals surface area contributed by atoms with Crippen LogP contribution in [0.5, 0.6) is 5.88 Å². The van der Waals surface area contributed by atoms with Crippen molar-refractivity contribution in [1.82, 2.24) is 9.78 Å². The van der Waals surface area contributed by atoms with Gasteiger partial charge in [-0.1, -0.05) is 6.07 Å². The molecule has 1 N–H and O–H groups in total. The fourth-order valence-corrected chi connectivity index (χ4v) is 2.33. The highest BCUT2D eigenvalue weighted by molar-refractivity contribution is 6.06. The molecule has 112 valence electrons. The number of hydrogen-bond acceptors (Lipinski definition) is 3. The first-order valence-electron chi connectivity index (χ1n) is 6.66. The zero-order valence-corrected chi connectivity index (χ0v) is 12.1. The van der Waals surface area contributed by atoms with Gasteiger partial charge in [0.1, 0.15) is 5.82 Å². The van der Waals surface area contributed by atoms with E-state index in [1.165, 1.54) is 18.2 Å². The van der Waals surface area contributed by atoms with Crippen molar-refractivity contribution in [3.05, 3.63) is 53.8 Å². The molecule has 0 aliphatic rings. The number of benzene rings is 2. The Labute approximate surface area is 126 Å². The Kier molecular flexibility index (Phi) is 3.50. The summed E-state index contributed by atoms with van der Waals surface area (Å²) in [6.07, 6.45) is 0. The van der Waals surface area contributed by atoms with Gasteiger partial charge < -0.3 is 10.1 Å². The van der Waals surface area contributed by atoms with Crippen LogP contribution in [0.25, 0.3) is 10.9 Å². The molecule has 0 spiro atoms. The van der Waals surface area contributed by atoms with Crippen molar-refractivity contribution < 1.29 is 13.9 Å². The van der Waals surface area contributed by atoms with Crippen LogP contribution in [0.15, 0.2) is 42.5 Å².